The van der Waals surface area contributed by atoms with Crippen molar-refractivity contribution in [2.24, 2.45) is 5.92 Å². The first-order valence-electron chi connectivity index (χ1n) is 6.33. The molecule has 0 aliphatic carbocycles. The number of urea groups is 1. The highest BCUT2D eigenvalue weighted by Gasteiger charge is 2.34. The molecule has 6 nitrogen and oxygen atoms in total. The van der Waals surface area contributed by atoms with E-state index in [0.29, 0.717) is 25.4 Å². The van der Waals surface area contributed by atoms with Gasteiger partial charge in [-0.25, -0.2) is 9.59 Å². The molecule has 2 unspecified atom stereocenters. The molecule has 104 valence electrons. The molecule has 18 heavy (non-hydrogen) atoms. The fraction of sp³-hybridized carbons (Fsp3) is 0.833. The second-order valence-electron chi connectivity index (χ2n) is 5.21. The van der Waals surface area contributed by atoms with Crippen LogP contribution < -0.4 is 5.32 Å². The van der Waals surface area contributed by atoms with Gasteiger partial charge < -0.3 is 20.2 Å². The van der Waals surface area contributed by atoms with Crippen LogP contribution in [0.15, 0.2) is 0 Å². The fourth-order valence-corrected chi connectivity index (χ4v) is 2.11. The molecular weight excluding hydrogens is 234 g/mol. The third-order valence-corrected chi connectivity index (χ3v) is 3.25. The summed E-state index contributed by atoms with van der Waals surface area (Å²) >= 11 is 0. The van der Waals surface area contributed by atoms with Gasteiger partial charge in [-0.15, -0.1) is 0 Å². The number of nitrogens with one attached hydrogen (secondary N) is 1. The number of likely N-dealkylation sites (N-methyl/N-ethyl adjacent to an activating group) is 1. The molecule has 0 bridgehead atoms. The van der Waals surface area contributed by atoms with Crippen LogP contribution in [0.5, 0.6) is 0 Å². The summed E-state index contributed by atoms with van der Waals surface area (Å²) in [5, 5.41) is 11.9. The number of hydrogen-bond donors (Lipinski definition) is 2. The molecule has 0 spiro atoms. The van der Waals surface area contributed by atoms with Crippen LogP contribution in [-0.4, -0.2) is 66.7 Å². The topological polar surface area (TPSA) is 72.9 Å². The van der Waals surface area contributed by atoms with Crippen LogP contribution in [0.2, 0.25) is 0 Å². The molecule has 1 fully saturated rings. The Balaban J connectivity index is 2.51. The number of carbonyl (C=O) groups is 2. The Morgan fingerprint density at radius 1 is 1.44 bits per heavy atom. The highest BCUT2D eigenvalue weighted by Crippen LogP contribution is 2.22. The molecule has 0 aromatic rings. The van der Waals surface area contributed by atoms with E-state index in [1.54, 1.807) is 0 Å². The maximum absolute atomic E-state index is 11.9. The summed E-state index contributed by atoms with van der Waals surface area (Å²) in [5.74, 6) is -0.554. The first-order valence-corrected chi connectivity index (χ1v) is 6.33. The highest BCUT2D eigenvalue weighted by atomic mass is 16.4. The van der Waals surface area contributed by atoms with Crippen molar-refractivity contribution in [2.75, 3.05) is 33.7 Å². The van der Waals surface area contributed by atoms with Gasteiger partial charge in [0.2, 0.25) is 0 Å². The first-order chi connectivity index (χ1) is 8.41. The van der Waals surface area contributed by atoms with E-state index in [1.807, 2.05) is 25.9 Å². The maximum atomic E-state index is 11.9. The Labute approximate surface area is 108 Å². The molecule has 1 saturated heterocycles. The Bertz CT molecular complexity index is 307. The van der Waals surface area contributed by atoms with Crippen LogP contribution >= 0.6 is 0 Å². The number of rotatable bonds is 4. The largest absolute Gasteiger partial charge is 0.480 e. The zero-order valence-corrected chi connectivity index (χ0v) is 11.3. The van der Waals surface area contributed by atoms with Crippen LogP contribution in [0.3, 0.4) is 0 Å². The Kier molecular flexibility index (Phi) is 5.40. The number of hydrogen-bond acceptors (Lipinski definition) is 3. The smallest absolute Gasteiger partial charge is 0.326 e. The van der Waals surface area contributed by atoms with Crippen molar-refractivity contribution in [3.63, 3.8) is 0 Å². The van der Waals surface area contributed by atoms with E-state index in [4.69, 9.17) is 5.11 Å². The third-order valence-electron chi connectivity index (χ3n) is 3.25. The van der Waals surface area contributed by atoms with E-state index in [2.05, 4.69) is 5.32 Å². The molecule has 0 aromatic carbocycles. The predicted octanol–water partition coefficient (Wildman–Crippen LogP) is 0.443. The summed E-state index contributed by atoms with van der Waals surface area (Å²) in [4.78, 5) is 26.5. The van der Waals surface area contributed by atoms with Crippen LogP contribution in [0.4, 0.5) is 4.79 Å². The first kappa shape index (κ1) is 14.8. The molecular formula is C12H23N3O3. The zero-order chi connectivity index (χ0) is 13.7. The van der Waals surface area contributed by atoms with Crippen molar-refractivity contribution < 1.29 is 14.7 Å². The zero-order valence-electron chi connectivity index (χ0n) is 11.3. The van der Waals surface area contributed by atoms with Gasteiger partial charge in [0, 0.05) is 19.6 Å². The van der Waals surface area contributed by atoms with Crippen LogP contribution in [0.25, 0.3) is 0 Å². The molecule has 2 atom stereocenters. The van der Waals surface area contributed by atoms with Crippen molar-refractivity contribution >= 4 is 12.0 Å². The van der Waals surface area contributed by atoms with E-state index in [1.165, 1.54) is 4.90 Å². The monoisotopic (exact) mass is 257 g/mol. The Morgan fingerprint density at radius 2 is 2.11 bits per heavy atom. The number of nitrogens with zero attached hydrogens (tertiary/aromatic N) is 2. The number of carboxylic acids is 1. The lowest BCUT2D eigenvalue weighted by atomic mass is 9.93. The van der Waals surface area contributed by atoms with Crippen molar-refractivity contribution in [1.82, 2.24) is 15.1 Å². The molecule has 0 radical (unpaired) electrons. The quantitative estimate of drug-likeness (QED) is 0.766. The van der Waals surface area contributed by atoms with Crippen molar-refractivity contribution in [3.05, 3.63) is 0 Å². The van der Waals surface area contributed by atoms with Crippen LogP contribution in [-0.2, 0) is 4.79 Å². The molecule has 0 aromatic heterocycles. The number of piperidine rings is 1. The molecule has 2 N–H and O–H groups in total. The van der Waals surface area contributed by atoms with Gasteiger partial charge in [-0.1, -0.05) is 6.92 Å². The molecule has 1 aliphatic rings. The minimum absolute atomic E-state index is 0.267. The summed E-state index contributed by atoms with van der Waals surface area (Å²) in [6, 6.07) is -0.954. The van der Waals surface area contributed by atoms with Crippen molar-refractivity contribution in [3.8, 4) is 0 Å². The number of carbonyl (C=O) groups excluding carboxylic acids is 1. The molecule has 1 aliphatic heterocycles. The summed E-state index contributed by atoms with van der Waals surface area (Å²) < 4.78 is 0. The fourth-order valence-electron chi connectivity index (χ4n) is 2.11. The summed E-state index contributed by atoms with van der Waals surface area (Å²) in [6.07, 6.45) is 1.40. The predicted molar refractivity (Wildman–Crippen MR) is 68.5 cm³/mol. The minimum atomic E-state index is -0.913. The standard InChI is InChI=1S/C12H23N3O3/c1-9-4-6-15(10(8-9)11(16)17)12(18)13-5-7-14(2)3/h9-10H,4-8H2,1-3H3,(H,13,18)(H,16,17). The SMILES string of the molecule is CC1CCN(C(=O)NCCN(C)C)C(C(=O)O)C1. The summed E-state index contributed by atoms with van der Waals surface area (Å²) in [6.45, 7) is 3.82. The van der Waals surface area contributed by atoms with Gasteiger partial charge in [0.1, 0.15) is 6.04 Å². The minimum Gasteiger partial charge on any atom is -0.480 e. The summed E-state index contributed by atoms with van der Waals surface area (Å²) in [5.41, 5.74) is 0. The van der Waals surface area contributed by atoms with Crippen molar-refractivity contribution in [1.29, 1.82) is 0 Å². The lowest BCUT2D eigenvalue weighted by Gasteiger charge is -2.35. The van der Waals surface area contributed by atoms with E-state index >= 15 is 0 Å². The number of likely N-dealkylation sites (tertiary alicyclic amines) is 1. The highest BCUT2D eigenvalue weighted by molar-refractivity contribution is 5.82. The molecule has 2 amide bonds. The second kappa shape index (κ2) is 6.58. The average Bonchev–Trinajstić information content (AvgIpc) is 2.28. The van der Waals surface area contributed by atoms with E-state index in [-0.39, 0.29) is 6.03 Å². The molecule has 1 heterocycles. The molecule has 6 heteroatoms. The van der Waals surface area contributed by atoms with Gasteiger partial charge in [0.15, 0.2) is 0 Å². The Morgan fingerprint density at radius 3 is 2.67 bits per heavy atom. The number of amides is 2. The van der Waals surface area contributed by atoms with Gasteiger partial charge in [0.05, 0.1) is 0 Å². The number of carboxylic acid groups (broad SMARTS) is 1. The third kappa shape index (κ3) is 4.18. The van der Waals surface area contributed by atoms with Gasteiger partial charge in [0.25, 0.3) is 0 Å². The molecule has 0 saturated carbocycles. The van der Waals surface area contributed by atoms with E-state index in [0.717, 1.165) is 13.0 Å². The van der Waals surface area contributed by atoms with E-state index in [9.17, 15) is 9.59 Å². The Hall–Kier alpha value is -1.30. The van der Waals surface area contributed by atoms with Gasteiger partial charge in [-0.05, 0) is 32.9 Å². The van der Waals surface area contributed by atoms with Crippen LogP contribution in [0.1, 0.15) is 19.8 Å². The van der Waals surface area contributed by atoms with E-state index < -0.39 is 12.0 Å². The number of aliphatic carboxylic acids is 1. The van der Waals surface area contributed by atoms with Crippen LogP contribution in [0, 0.1) is 5.92 Å². The van der Waals surface area contributed by atoms with Gasteiger partial charge in [-0.2, -0.15) is 0 Å². The summed E-state index contributed by atoms with van der Waals surface area (Å²) in [7, 11) is 3.85. The maximum Gasteiger partial charge on any atom is 0.326 e. The lowest BCUT2D eigenvalue weighted by molar-refractivity contribution is -0.143. The normalized spacial score (nSPS) is 24.1. The molecule has 1 rings (SSSR count). The second-order valence-corrected chi connectivity index (χ2v) is 5.21. The van der Waals surface area contributed by atoms with Crippen molar-refractivity contribution in [2.45, 2.75) is 25.8 Å². The average molecular weight is 257 g/mol. The van der Waals surface area contributed by atoms with Gasteiger partial charge >= 0.3 is 12.0 Å². The van der Waals surface area contributed by atoms with Gasteiger partial charge in [-0.3, -0.25) is 0 Å². The lowest BCUT2D eigenvalue weighted by Crippen LogP contribution is -2.53.